The number of hydrogen-bond acceptors (Lipinski definition) is 7. The van der Waals surface area contributed by atoms with Gasteiger partial charge < -0.3 is 24.4 Å². The molecule has 3 aliphatic heterocycles. The summed E-state index contributed by atoms with van der Waals surface area (Å²) in [6.07, 6.45) is -2.91. The van der Waals surface area contributed by atoms with Gasteiger partial charge in [-0.1, -0.05) is 23.2 Å². The first kappa shape index (κ1) is 27.1. The van der Waals surface area contributed by atoms with Crippen LogP contribution in [-0.4, -0.2) is 65.5 Å². The summed E-state index contributed by atoms with van der Waals surface area (Å²) in [5, 5.41) is 3.23. The van der Waals surface area contributed by atoms with Crippen LogP contribution in [0.2, 0.25) is 10.0 Å². The Morgan fingerprint density at radius 2 is 1.85 bits per heavy atom. The van der Waals surface area contributed by atoms with E-state index in [0.717, 1.165) is 4.90 Å². The third kappa shape index (κ3) is 5.08. The lowest BCUT2D eigenvalue weighted by atomic mass is 9.68. The SMILES string of the molecule is O=C(N1C[C@H]2C[C@@H](C1)[C@H]2Oc1cc2c(Nc3ccc(Cl)c(Cl)c3F)ncnc2cc1O[C@H]1CCOC1)C(F)(F)F. The van der Waals surface area contributed by atoms with Crippen molar-refractivity contribution in [3.05, 3.63) is 46.5 Å². The van der Waals surface area contributed by atoms with Crippen molar-refractivity contribution >= 4 is 51.5 Å². The fraction of sp³-hybridized carbons (Fsp3) is 0.423. The Labute approximate surface area is 235 Å². The van der Waals surface area contributed by atoms with Crippen LogP contribution in [0.25, 0.3) is 10.9 Å². The summed E-state index contributed by atoms with van der Waals surface area (Å²) < 4.78 is 71.6. The van der Waals surface area contributed by atoms with Crippen molar-refractivity contribution in [2.75, 3.05) is 31.6 Å². The number of hydrogen-bond donors (Lipinski definition) is 1. The zero-order chi connectivity index (χ0) is 28.2. The summed E-state index contributed by atoms with van der Waals surface area (Å²) in [5.74, 6) is -2.13. The Balaban J connectivity index is 1.31. The van der Waals surface area contributed by atoms with Gasteiger partial charge in [0, 0.05) is 42.8 Å². The van der Waals surface area contributed by atoms with E-state index in [0.29, 0.717) is 48.5 Å². The second-order valence-corrected chi connectivity index (χ2v) is 10.8. The smallest absolute Gasteiger partial charge is 0.471 e. The van der Waals surface area contributed by atoms with Gasteiger partial charge in [0.15, 0.2) is 17.3 Å². The van der Waals surface area contributed by atoms with Crippen molar-refractivity contribution in [3.63, 3.8) is 0 Å². The number of piperidine rings is 2. The quantitative estimate of drug-likeness (QED) is 0.284. The number of amides is 1. The van der Waals surface area contributed by atoms with Crippen LogP contribution in [0.5, 0.6) is 11.5 Å². The van der Waals surface area contributed by atoms with Crippen molar-refractivity contribution < 1.29 is 36.6 Å². The van der Waals surface area contributed by atoms with Gasteiger partial charge in [-0.25, -0.2) is 14.4 Å². The van der Waals surface area contributed by atoms with Gasteiger partial charge in [-0.3, -0.25) is 4.79 Å². The van der Waals surface area contributed by atoms with Crippen LogP contribution in [0.4, 0.5) is 29.1 Å². The van der Waals surface area contributed by atoms with Crippen molar-refractivity contribution in [3.8, 4) is 11.5 Å². The van der Waals surface area contributed by atoms with Crippen LogP contribution in [0, 0.1) is 17.7 Å². The monoisotopic (exact) mass is 600 g/mol. The molecular weight excluding hydrogens is 579 g/mol. The minimum Gasteiger partial charge on any atom is -0.486 e. The van der Waals surface area contributed by atoms with E-state index in [2.05, 4.69) is 15.3 Å². The van der Waals surface area contributed by atoms with E-state index in [1.165, 1.54) is 18.5 Å². The van der Waals surface area contributed by atoms with Gasteiger partial charge in [0.1, 0.15) is 24.4 Å². The third-order valence-corrected chi connectivity index (χ3v) is 8.19. The molecule has 8 nitrogen and oxygen atoms in total. The highest BCUT2D eigenvalue weighted by Gasteiger charge is 2.53. The number of aromatic nitrogens is 2. The molecule has 7 rings (SSSR count). The molecule has 4 heterocycles. The van der Waals surface area contributed by atoms with Gasteiger partial charge >= 0.3 is 12.1 Å². The van der Waals surface area contributed by atoms with E-state index in [1.54, 1.807) is 12.1 Å². The predicted octanol–water partition coefficient (Wildman–Crippen LogP) is 5.78. The number of nitrogens with zero attached hydrogens (tertiary/aromatic N) is 3. The average molecular weight is 601 g/mol. The molecule has 40 heavy (non-hydrogen) atoms. The fourth-order valence-electron chi connectivity index (χ4n) is 5.41. The first-order chi connectivity index (χ1) is 19.1. The van der Waals surface area contributed by atoms with Crippen LogP contribution in [0.1, 0.15) is 12.8 Å². The molecule has 2 bridgehead atoms. The topological polar surface area (TPSA) is 85.8 Å². The maximum Gasteiger partial charge on any atom is 0.471 e. The van der Waals surface area contributed by atoms with Gasteiger partial charge in [0.2, 0.25) is 0 Å². The van der Waals surface area contributed by atoms with E-state index in [9.17, 15) is 22.4 Å². The Kier molecular flexibility index (Phi) is 7.04. The summed E-state index contributed by atoms with van der Waals surface area (Å²) >= 11 is 11.9. The van der Waals surface area contributed by atoms with Crippen LogP contribution in [0.15, 0.2) is 30.6 Å². The molecule has 1 amide bonds. The maximum atomic E-state index is 14.8. The number of halogens is 6. The van der Waals surface area contributed by atoms with Gasteiger partial charge in [-0.2, -0.15) is 13.2 Å². The van der Waals surface area contributed by atoms with Crippen LogP contribution < -0.4 is 14.8 Å². The number of nitrogens with one attached hydrogen (secondary N) is 1. The maximum absolute atomic E-state index is 14.8. The number of benzene rings is 2. The molecule has 1 aromatic heterocycles. The van der Waals surface area contributed by atoms with E-state index < -0.39 is 24.0 Å². The molecule has 3 aromatic rings. The first-order valence-corrected chi connectivity index (χ1v) is 13.3. The van der Waals surface area contributed by atoms with Crippen LogP contribution >= 0.6 is 23.2 Å². The molecule has 212 valence electrons. The molecular formula is C26H22Cl2F4N4O4. The summed E-state index contributed by atoms with van der Waals surface area (Å²) in [4.78, 5) is 21.2. The Hall–Kier alpha value is -3.09. The standard InChI is InChI=1S/C26H22Cl2F4N4O4/c27-16-1-2-17(22(29)21(16)28)35-24-15-6-19(20(7-18(15)33-11-34-24)39-14-3-4-38-10-14)40-23-12-5-13(23)9-36(8-12)25(37)26(30,31)32/h1-2,6-7,11-14,23H,3-5,8-10H2,(H,33,34,35)/t12-,13+,14-,23+/m0/s1. The zero-order valence-corrected chi connectivity index (χ0v) is 22.2. The number of carbonyl (C=O) groups excluding carboxylic acids is 1. The summed E-state index contributed by atoms with van der Waals surface area (Å²) in [6, 6.07) is 6.21. The molecule has 4 fully saturated rings. The van der Waals surface area contributed by atoms with Crippen molar-refractivity contribution in [1.82, 2.24) is 14.9 Å². The third-order valence-electron chi connectivity index (χ3n) is 7.41. The largest absolute Gasteiger partial charge is 0.486 e. The predicted molar refractivity (Wildman–Crippen MR) is 138 cm³/mol. The van der Waals surface area contributed by atoms with E-state index in [4.69, 9.17) is 37.4 Å². The van der Waals surface area contributed by atoms with Gasteiger partial charge in [0.25, 0.3) is 0 Å². The van der Waals surface area contributed by atoms with Crippen LogP contribution in [-0.2, 0) is 9.53 Å². The van der Waals surface area contributed by atoms with Crippen molar-refractivity contribution in [1.29, 1.82) is 0 Å². The Bertz CT molecular complexity index is 1460. The minimum atomic E-state index is -4.92. The highest BCUT2D eigenvalue weighted by molar-refractivity contribution is 6.42. The highest BCUT2D eigenvalue weighted by Crippen LogP contribution is 2.46. The second-order valence-electron chi connectivity index (χ2n) is 10.0. The molecule has 0 unspecified atom stereocenters. The molecule has 0 spiro atoms. The molecule has 4 aliphatic rings. The number of alkyl halides is 3. The van der Waals surface area contributed by atoms with Crippen molar-refractivity contribution in [2.24, 2.45) is 11.8 Å². The van der Waals surface area contributed by atoms with E-state index in [1.807, 2.05) is 0 Å². The number of anilines is 2. The molecule has 14 heteroatoms. The summed E-state index contributed by atoms with van der Waals surface area (Å²) in [6.45, 7) is 0.849. The molecule has 1 N–H and O–H groups in total. The zero-order valence-electron chi connectivity index (χ0n) is 20.7. The normalized spacial score (nSPS) is 24.1. The number of rotatable bonds is 6. The molecule has 1 saturated carbocycles. The molecule has 3 saturated heterocycles. The average Bonchev–Trinajstić information content (AvgIpc) is 3.44. The number of ether oxygens (including phenoxy) is 3. The summed E-state index contributed by atoms with van der Waals surface area (Å²) in [7, 11) is 0. The molecule has 1 aliphatic carbocycles. The molecule has 4 atom stereocenters. The summed E-state index contributed by atoms with van der Waals surface area (Å²) in [5.41, 5.74) is 0.526. The van der Waals surface area contributed by atoms with Crippen molar-refractivity contribution in [2.45, 2.75) is 31.2 Å². The Morgan fingerprint density at radius 1 is 1.10 bits per heavy atom. The lowest BCUT2D eigenvalue weighted by Gasteiger charge is -2.52. The van der Waals surface area contributed by atoms with E-state index >= 15 is 0 Å². The molecule has 0 radical (unpaired) electrons. The van der Waals surface area contributed by atoms with Crippen LogP contribution in [0.3, 0.4) is 0 Å². The number of carbonyl (C=O) groups is 1. The van der Waals surface area contributed by atoms with Gasteiger partial charge in [-0.15, -0.1) is 0 Å². The highest BCUT2D eigenvalue weighted by atomic mass is 35.5. The van der Waals surface area contributed by atoms with Gasteiger partial charge in [0.05, 0.1) is 34.5 Å². The van der Waals surface area contributed by atoms with E-state index in [-0.39, 0.29) is 52.6 Å². The second kappa shape index (κ2) is 10.4. The first-order valence-electron chi connectivity index (χ1n) is 12.5. The van der Waals surface area contributed by atoms with Gasteiger partial charge in [-0.05, 0) is 24.6 Å². The number of fused-ring (bicyclic) bond motifs is 3. The lowest BCUT2D eigenvalue weighted by Crippen LogP contribution is -2.63. The molecule has 2 aromatic carbocycles. The lowest BCUT2D eigenvalue weighted by molar-refractivity contribution is -0.196. The fourth-order valence-corrected chi connectivity index (χ4v) is 5.72. The minimum absolute atomic E-state index is 0.0447. The Morgan fingerprint density at radius 3 is 2.55 bits per heavy atom.